The van der Waals surface area contributed by atoms with Gasteiger partial charge in [-0.15, -0.1) is 0 Å². The van der Waals surface area contributed by atoms with Crippen LogP contribution in [0.3, 0.4) is 0 Å². The monoisotopic (exact) mass is 229 g/mol. The lowest BCUT2D eigenvalue weighted by atomic mass is 9.98. The summed E-state index contributed by atoms with van der Waals surface area (Å²) in [6.07, 6.45) is 0. The first-order valence-corrected chi connectivity index (χ1v) is 5.71. The molecule has 1 nitrogen and oxygen atoms in total. The fourth-order valence-electron chi connectivity index (χ4n) is 1.95. The molecule has 0 radical (unpaired) electrons. The van der Waals surface area contributed by atoms with Gasteiger partial charge in [-0.3, -0.25) is 4.98 Å². The summed E-state index contributed by atoms with van der Waals surface area (Å²) in [4.78, 5) is 4.61. The molecular formula is C15H16FN. The lowest BCUT2D eigenvalue weighted by Crippen LogP contribution is -1.99. The lowest BCUT2D eigenvalue weighted by molar-refractivity contribution is 0.628. The van der Waals surface area contributed by atoms with Gasteiger partial charge in [0, 0.05) is 11.3 Å². The van der Waals surface area contributed by atoms with Crippen molar-refractivity contribution in [3.8, 4) is 11.3 Å². The third-order valence-electron chi connectivity index (χ3n) is 3.42. The van der Waals surface area contributed by atoms with Crippen LogP contribution in [0.5, 0.6) is 0 Å². The fraction of sp³-hybridized carbons (Fsp3) is 0.267. The van der Waals surface area contributed by atoms with Crippen molar-refractivity contribution >= 4 is 0 Å². The Morgan fingerprint density at radius 3 is 2.00 bits per heavy atom. The van der Waals surface area contributed by atoms with Crippen molar-refractivity contribution in [1.82, 2.24) is 4.98 Å². The van der Waals surface area contributed by atoms with Gasteiger partial charge in [0.05, 0.1) is 5.69 Å². The molecule has 0 N–H and O–H groups in total. The van der Waals surface area contributed by atoms with E-state index in [1.165, 1.54) is 28.8 Å². The summed E-state index contributed by atoms with van der Waals surface area (Å²) in [6.45, 7) is 8.26. The van der Waals surface area contributed by atoms with Crippen LogP contribution in [0.15, 0.2) is 24.3 Å². The zero-order valence-electron chi connectivity index (χ0n) is 10.6. The molecule has 17 heavy (non-hydrogen) atoms. The van der Waals surface area contributed by atoms with Crippen molar-refractivity contribution < 1.29 is 4.39 Å². The minimum atomic E-state index is -0.216. The third kappa shape index (κ3) is 2.07. The van der Waals surface area contributed by atoms with E-state index in [0.717, 1.165) is 17.0 Å². The maximum atomic E-state index is 12.9. The molecule has 1 aromatic heterocycles. The molecule has 0 aliphatic rings. The number of benzene rings is 1. The summed E-state index contributed by atoms with van der Waals surface area (Å²) in [6, 6.07) is 6.50. The Morgan fingerprint density at radius 2 is 1.41 bits per heavy atom. The molecule has 0 aliphatic carbocycles. The summed E-state index contributed by atoms with van der Waals surface area (Å²) < 4.78 is 12.9. The van der Waals surface area contributed by atoms with Gasteiger partial charge >= 0.3 is 0 Å². The highest BCUT2D eigenvalue weighted by Crippen LogP contribution is 2.26. The minimum Gasteiger partial charge on any atom is -0.253 e. The molecule has 2 heteroatoms. The van der Waals surface area contributed by atoms with Crippen LogP contribution in [0.4, 0.5) is 4.39 Å². The second-order valence-corrected chi connectivity index (χ2v) is 4.43. The molecular weight excluding hydrogens is 213 g/mol. The SMILES string of the molecule is Cc1nc(-c2ccc(F)cc2)c(C)c(C)c1C. The van der Waals surface area contributed by atoms with Crippen molar-refractivity contribution in [2.45, 2.75) is 27.7 Å². The van der Waals surface area contributed by atoms with Crippen LogP contribution in [-0.2, 0) is 0 Å². The first-order chi connectivity index (χ1) is 8.00. The molecule has 2 aromatic rings. The molecule has 0 saturated heterocycles. The summed E-state index contributed by atoms with van der Waals surface area (Å²) in [5.74, 6) is -0.216. The number of pyridine rings is 1. The maximum absolute atomic E-state index is 12.9. The van der Waals surface area contributed by atoms with Gasteiger partial charge in [0.25, 0.3) is 0 Å². The van der Waals surface area contributed by atoms with Crippen molar-refractivity contribution in [3.63, 3.8) is 0 Å². The highest BCUT2D eigenvalue weighted by Gasteiger charge is 2.10. The Morgan fingerprint density at radius 1 is 0.824 bits per heavy atom. The van der Waals surface area contributed by atoms with E-state index in [-0.39, 0.29) is 5.82 Å². The molecule has 2 rings (SSSR count). The van der Waals surface area contributed by atoms with Gasteiger partial charge in [-0.1, -0.05) is 0 Å². The maximum Gasteiger partial charge on any atom is 0.123 e. The van der Waals surface area contributed by atoms with Gasteiger partial charge in [-0.25, -0.2) is 4.39 Å². The molecule has 1 aromatic carbocycles. The number of halogens is 1. The second kappa shape index (κ2) is 4.28. The Hall–Kier alpha value is -1.70. The molecule has 1 heterocycles. The van der Waals surface area contributed by atoms with Gasteiger partial charge in [-0.05, 0) is 68.7 Å². The van der Waals surface area contributed by atoms with E-state index in [9.17, 15) is 4.39 Å². The normalized spacial score (nSPS) is 10.6. The molecule has 0 atom stereocenters. The second-order valence-electron chi connectivity index (χ2n) is 4.43. The molecule has 0 fully saturated rings. The van der Waals surface area contributed by atoms with Crippen LogP contribution < -0.4 is 0 Å². The molecule has 0 unspecified atom stereocenters. The summed E-state index contributed by atoms with van der Waals surface area (Å²) in [5.41, 5.74) is 6.61. The van der Waals surface area contributed by atoms with E-state index in [2.05, 4.69) is 25.8 Å². The van der Waals surface area contributed by atoms with Gasteiger partial charge < -0.3 is 0 Å². The van der Waals surface area contributed by atoms with E-state index in [0.29, 0.717) is 0 Å². The van der Waals surface area contributed by atoms with E-state index in [1.807, 2.05) is 6.92 Å². The lowest BCUT2D eigenvalue weighted by Gasteiger charge is -2.13. The molecule has 0 bridgehead atoms. The van der Waals surface area contributed by atoms with Crippen LogP contribution >= 0.6 is 0 Å². The molecule has 0 aliphatic heterocycles. The predicted molar refractivity (Wildman–Crippen MR) is 68.6 cm³/mol. The number of aromatic nitrogens is 1. The van der Waals surface area contributed by atoms with Crippen LogP contribution in [0.25, 0.3) is 11.3 Å². The van der Waals surface area contributed by atoms with E-state index < -0.39 is 0 Å². The quantitative estimate of drug-likeness (QED) is 0.716. The van der Waals surface area contributed by atoms with Gasteiger partial charge in [0.15, 0.2) is 0 Å². The number of nitrogens with zero attached hydrogens (tertiary/aromatic N) is 1. The zero-order chi connectivity index (χ0) is 12.6. The van der Waals surface area contributed by atoms with Gasteiger partial charge in [0.2, 0.25) is 0 Å². The average molecular weight is 229 g/mol. The van der Waals surface area contributed by atoms with Crippen LogP contribution in [-0.4, -0.2) is 4.98 Å². The van der Waals surface area contributed by atoms with Crippen LogP contribution in [0.1, 0.15) is 22.4 Å². The number of rotatable bonds is 1. The molecule has 0 amide bonds. The van der Waals surface area contributed by atoms with Gasteiger partial charge in [0.1, 0.15) is 5.82 Å². The standard InChI is InChI=1S/C15H16FN/c1-9-10(2)12(4)17-15(11(9)3)13-5-7-14(16)8-6-13/h5-8H,1-4H3. The summed E-state index contributed by atoms with van der Waals surface area (Å²) in [5, 5.41) is 0. The van der Waals surface area contributed by atoms with Crippen molar-refractivity contribution in [2.24, 2.45) is 0 Å². The molecule has 0 spiro atoms. The zero-order valence-corrected chi connectivity index (χ0v) is 10.6. The fourth-order valence-corrected chi connectivity index (χ4v) is 1.95. The first kappa shape index (κ1) is 11.8. The van der Waals surface area contributed by atoms with Crippen molar-refractivity contribution in [2.75, 3.05) is 0 Å². The van der Waals surface area contributed by atoms with E-state index >= 15 is 0 Å². The Balaban J connectivity index is 2.64. The van der Waals surface area contributed by atoms with Crippen molar-refractivity contribution in [3.05, 3.63) is 52.5 Å². The van der Waals surface area contributed by atoms with Crippen LogP contribution in [0.2, 0.25) is 0 Å². The van der Waals surface area contributed by atoms with E-state index in [1.54, 1.807) is 12.1 Å². The van der Waals surface area contributed by atoms with E-state index in [4.69, 9.17) is 0 Å². The Kier molecular flexibility index (Phi) is 2.97. The largest absolute Gasteiger partial charge is 0.253 e. The molecule has 0 saturated carbocycles. The predicted octanol–water partition coefficient (Wildman–Crippen LogP) is 4.12. The van der Waals surface area contributed by atoms with Crippen molar-refractivity contribution in [1.29, 1.82) is 0 Å². The Labute approximate surface area is 101 Å². The summed E-state index contributed by atoms with van der Waals surface area (Å²) in [7, 11) is 0. The molecule has 88 valence electrons. The number of aryl methyl sites for hydroxylation is 1. The average Bonchev–Trinajstić information content (AvgIpc) is 2.32. The number of hydrogen-bond acceptors (Lipinski definition) is 1. The highest BCUT2D eigenvalue weighted by atomic mass is 19.1. The first-order valence-electron chi connectivity index (χ1n) is 5.71. The van der Waals surface area contributed by atoms with Gasteiger partial charge in [-0.2, -0.15) is 0 Å². The number of hydrogen-bond donors (Lipinski definition) is 0. The minimum absolute atomic E-state index is 0.216. The Bertz CT molecular complexity index is 556. The van der Waals surface area contributed by atoms with Crippen LogP contribution in [0, 0.1) is 33.5 Å². The topological polar surface area (TPSA) is 12.9 Å². The smallest absolute Gasteiger partial charge is 0.123 e. The summed E-state index contributed by atoms with van der Waals surface area (Å²) >= 11 is 0. The highest BCUT2D eigenvalue weighted by molar-refractivity contribution is 5.65. The third-order valence-corrected chi connectivity index (χ3v) is 3.42.